The molecule has 5 heteroatoms. The molecule has 2 aliphatic heterocycles. The van der Waals surface area contributed by atoms with Crippen LogP contribution in [0, 0.1) is 5.92 Å². The molecule has 1 N–H and O–H groups in total. The average Bonchev–Trinajstić information content (AvgIpc) is 2.91. The summed E-state index contributed by atoms with van der Waals surface area (Å²) in [6.07, 6.45) is 2.39. The van der Waals surface area contributed by atoms with Crippen molar-refractivity contribution in [3.63, 3.8) is 0 Å². The standard InChI is InChI=1S/C18H27N3O2/c1-13(2)23-17-7-5-4-6-15(17)19-18(22)21-11-9-14-8-10-20(3)12-16(14)21/h4-7,13-14,16H,8-12H2,1-3H3,(H,19,22). The number of likely N-dealkylation sites (N-methyl/N-ethyl adjacent to an activating group) is 1. The van der Waals surface area contributed by atoms with E-state index < -0.39 is 0 Å². The predicted octanol–water partition coefficient (Wildman–Crippen LogP) is 3.03. The predicted molar refractivity (Wildman–Crippen MR) is 91.9 cm³/mol. The molecule has 2 unspecified atom stereocenters. The van der Waals surface area contributed by atoms with E-state index in [4.69, 9.17) is 4.74 Å². The van der Waals surface area contributed by atoms with Gasteiger partial charge >= 0.3 is 6.03 Å². The number of hydrogen-bond donors (Lipinski definition) is 1. The molecule has 2 aliphatic rings. The van der Waals surface area contributed by atoms with Crippen LogP contribution in [0.5, 0.6) is 5.75 Å². The SMILES string of the molecule is CC(C)Oc1ccccc1NC(=O)N1CCC2CCN(C)CC21. The molecule has 2 amide bonds. The zero-order chi connectivity index (χ0) is 16.4. The van der Waals surface area contributed by atoms with E-state index in [9.17, 15) is 4.79 Å². The highest BCUT2D eigenvalue weighted by Gasteiger charge is 2.39. The van der Waals surface area contributed by atoms with Crippen LogP contribution in [0.3, 0.4) is 0 Å². The molecule has 0 bridgehead atoms. The maximum Gasteiger partial charge on any atom is 0.322 e. The van der Waals surface area contributed by atoms with Gasteiger partial charge in [0.15, 0.2) is 0 Å². The maximum absolute atomic E-state index is 12.8. The molecule has 2 fully saturated rings. The Labute approximate surface area is 138 Å². The number of rotatable bonds is 3. The van der Waals surface area contributed by atoms with Crippen LogP contribution in [-0.4, -0.2) is 54.7 Å². The van der Waals surface area contributed by atoms with E-state index in [2.05, 4.69) is 17.3 Å². The van der Waals surface area contributed by atoms with Crippen molar-refractivity contribution in [3.8, 4) is 5.75 Å². The zero-order valence-corrected chi connectivity index (χ0v) is 14.3. The van der Waals surface area contributed by atoms with E-state index in [1.807, 2.05) is 43.0 Å². The van der Waals surface area contributed by atoms with E-state index in [0.29, 0.717) is 12.0 Å². The normalized spacial score (nSPS) is 24.6. The van der Waals surface area contributed by atoms with Crippen LogP contribution in [0.2, 0.25) is 0 Å². The number of anilines is 1. The Morgan fingerprint density at radius 3 is 2.78 bits per heavy atom. The summed E-state index contributed by atoms with van der Waals surface area (Å²) in [4.78, 5) is 17.1. The summed E-state index contributed by atoms with van der Waals surface area (Å²) in [7, 11) is 2.14. The monoisotopic (exact) mass is 317 g/mol. The first-order chi connectivity index (χ1) is 11.0. The number of carbonyl (C=O) groups excluding carboxylic acids is 1. The molecule has 3 rings (SSSR count). The van der Waals surface area contributed by atoms with Crippen molar-refractivity contribution in [2.75, 3.05) is 32.0 Å². The molecule has 0 aliphatic carbocycles. The Morgan fingerprint density at radius 2 is 2.00 bits per heavy atom. The molecular formula is C18H27N3O2. The Morgan fingerprint density at radius 1 is 1.26 bits per heavy atom. The smallest absolute Gasteiger partial charge is 0.322 e. The molecular weight excluding hydrogens is 290 g/mol. The Kier molecular flexibility index (Phi) is 4.76. The Bertz CT molecular complexity index is 561. The minimum atomic E-state index is -0.00685. The largest absolute Gasteiger partial charge is 0.489 e. The van der Waals surface area contributed by atoms with Crippen molar-refractivity contribution in [3.05, 3.63) is 24.3 Å². The van der Waals surface area contributed by atoms with Crippen LogP contribution in [0.4, 0.5) is 10.5 Å². The topological polar surface area (TPSA) is 44.8 Å². The fraction of sp³-hybridized carbons (Fsp3) is 0.611. The van der Waals surface area contributed by atoms with Gasteiger partial charge in [-0.15, -0.1) is 0 Å². The van der Waals surface area contributed by atoms with E-state index in [-0.39, 0.29) is 12.1 Å². The molecule has 23 heavy (non-hydrogen) atoms. The summed E-state index contributed by atoms with van der Waals surface area (Å²) in [5.41, 5.74) is 0.749. The minimum absolute atomic E-state index is 0.00685. The van der Waals surface area contributed by atoms with Gasteiger partial charge in [-0.3, -0.25) is 0 Å². The lowest BCUT2D eigenvalue weighted by atomic mass is 9.92. The number of nitrogens with one attached hydrogen (secondary N) is 1. The lowest BCUT2D eigenvalue weighted by Crippen LogP contribution is -2.49. The third kappa shape index (κ3) is 3.61. The first kappa shape index (κ1) is 16.1. The molecule has 0 saturated carbocycles. The van der Waals surface area contributed by atoms with Gasteiger partial charge in [0.2, 0.25) is 0 Å². The lowest BCUT2D eigenvalue weighted by molar-refractivity contribution is 0.137. The van der Waals surface area contributed by atoms with E-state index in [1.54, 1.807) is 0 Å². The lowest BCUT2D eigenvalue weighted by Gasteiger charge is -2.36. The summed E-state index contributed by atoms with van der Waals surface area (Å²) >= 11 is 0. The second-order valence-corrected chi connectivity index (χ2v) is 6.95. The maximum atomic E-state index is 12.8. The number of nitrogens with zero attached hydrogens (tertiary/aromatic N) is 2. The van der Waals surface area contributed by atoms with Gasteiger partial charge in [-0.2, -0.15) is 0 Å². The number of amides is 2. The summed E-state index contributed by atoms with van der Waals surface area (Å²) < 4.78 is 5.79. The van der Waals surface area contributed by atoms with Crippen molar-refractivity contribution in [1.29, 1.82) is 0 Å². The van der Waals surface area contributed by atoms with Gasteiger partial charge in [-0.25, -0.2) is 4.79 Å². The van der Waals surface area contributed by atoms with Gasteiger partial charge in [0, 0.05) is 19.1 Å². The number of para-hydroxylation sites is 2. The van der Waals surface area contributed by atoms with Gasteiger partial charge in [-0.1, -0.05) is 12.1 Å². The van der Waals surface area contributed by atoms with Gasteiger partial charge in [-0.05, 0) is 58.3 Å². The molecule has 1 aromatic rings. The highest BCUT2D eigenvalue weighted by Crippen LogP contribution is 2.32. The minimum Gasteiger partial charge on any atom is -0.489 e. The summed E-state index contributed by atoms with van der Waals surface area (Å²) in [5, 5.41) is 3.05. The Hall–Kier alpha value is -1.75. The van der Waals surface area contributed by atoms with Gasteiger partial charge in [0.1, 0.15) is 5.75 Å². The first-order valence-electron chi connectivity index (χ1n) is 8.56. The third-order valence-corrected chi connectivity index (χ3v) is 4.82. The van der Waals surface area contributed by atoms with Crippen molar-refractivity contribution in [1.82, 2.24) is 9.80 Å². The quantitative estimate of drug-likeness (QED) is 0.932. The fourth-order valence-electron chi connectivity index (χ4n) is 3.66. The Balaban J connectivity index is 1.70. The first-order valence-corrected chi connectivity index (χ1v) is 8.56. The zero-order valence-electron chi connectivity index (χ0n) is 14.3. The molecule has 2 saturated heterocycles. The van der Waals surface area contributed by atoms with E-state index in [0.717, 1.165) is 37.5 Å². The number of fused-ring (bicyclic) bond motifs is 1. The second-order valence-electron chi connectivity index (χ2n) is 6.95. The van der Waals surface area contributed by atoms with Gasteiger partial charge in [0.05, 0.1) is 11.8 Å². The molecule has 0 aromatic heterocycles. The fourth-order valence-corrected chi connectivity index (χ4v) is 3.66. The van der Waals surface area contributed by atoms with Gasteiger partial charge in [0.25, 0.3) is 0 Å². The summed E-state index contributed by atoms with van der Waals surface area (Å²) in [5.74, 6) is 1.38. The number of ether oxygens (including phenoxy) is 1. The van der Waals surface area contributed by atoms with Crippen LogP contribution in [0.25, 0.3) is 0 Å². The van der Waals surface area contributed by atoms with Crippen LogP contribution < -0.4 is 10.1 Å². The number of likely N-dealkylation sites (tertiary alicyclic amines) is 2. The summed E-state index contributed by atoms with van der Waals surface area (Å²) in [6.45, 7) is 6.94. The molecule has 0 radical (unpaired) electrons. The molecule has 5 nitrogen and oxygen atoms in total. The van der Waals surface area contributed by atoms with Crippen molar-refractivity contribution >= 4 is 11.7 Å². The molecule has 1 aromatic carbocycles. The summed E-state index contributed by atoms with van der Waals surface area (Å²) in [6, 6.07) is 7.98. The molecule has 2 heterocycles. The van der Waals surface area contributed by atoms with Crippen molar-refractivity contribution in [2.45, 2.75) is 38.8 Å². The molecule has 126 valence electrons. The van der Waals surface area contributed by atoms with Crippen LogP contribution in [0.15, 0.2) is 24.3 Å². The number of benzene rings is 1. The van der Waals surface area contributed by atoms with Crippen molar-refractivity contribution < 1.29 is 9.53 Å². The third-order valence-electron chi connectivity index (χ3n) is 4.82. The van der Waals surface area contributed by atoms with E-state index in [1.165, 1.54) is 6.42 Å². The van der Waals surface area contributed by atoms with Crippen molar-refractivity contribution in [2.24, 2.45) is 5.92 Å². The van der Waals surface area contributed by atoms with Gasteiger partial charge < -0.3 is 19.9 Å². The number of urea groups is 1. The molecule has 2 atom stereocenters. The number of piperidine rings is 1. The highest BCUT2D eigenvalue weighted by molar-refractivity contribution is 5.91. The number of carbonyl (C=O) groups is 1. The van der Waals surface area contributed by atoms with Crippen LogP contribution in [-0.2, 0) is 0 Å². The highest BCUT2D eigenvalue weighted by atomic mass is 16.5. The van der Waals surface area contributed by atoms with Crippen LogP contribution >= 0.6 is 0 Å². The van der Waals surface area contributed by atoms with Crippen LogP contribution in [0.1, 0.15) is 26.7 Å². The second kappa shape index (κ2) is 6.79. The molecule has 0 spiro atoms. The number of hydrogen-bond acceptors (Lipinski definition) is 3. The van der Waals surface area contributed by atoms with E-state index >= 15 is 0 Å². The average molecular weight is 317 g/mol.